The second-order valence-electron chi connectivity index (χ2n) is 5.52. The Hall–Kier alpha value is -0.0800. The van der Waals surface area contributed by atoms with Crippen LogP contribution in [0.25, 0.3) is 0 Å². The summed E-state index contributed by atoms with van der Waals surface area (Å²) in [6, 6.07) is 0.808. The van der Waals surface area contributed by atoms with Gasteiger partial charge in [-0.3, -0.25) is 0 Å². The Morgan fingerprint density at radius 1 is 1.40 bits per heavy atom. The van der Waals surface area contributed by atoms with Crippen LogP contribution in [0, 0.1) is 0 Å². The molecule has 2 nitrogen and oxygen atoms in total. The topological polar surface area (TPSA) is 15.3 Å². The van der Waals surface area contributed by atoms with Gasteiger partial charge in [-0.25, -0.2) is 0 Å². The minimum Gasteiger partial charge on any atom is -0.314 e. The summed E-state index contributed by atoms with van der Waals surface area (Å²) < 4.78 is 0. The normalized spacial score (nSPS) is 22.6. The molecule has 1 aliphatic heterocycles. The van der Waals surface area contributed by atoms with Gasteiger partial charge in [-0.1, -0.05) is 6.92 Å². The molecule has 1 fully saturated rings. The summed E-state index contributed by atoms with van der Waals surface area (Å²) in [5.74, 6) is 0. The Balaban J connectivity index is 2.13. The van der Waals surface area contributed by atoms with Crippen LogP contribution in [-0.4, -0.2) is 36.6 Å². The van der Waals surface area contributed by atoms with Crippen molar-refractivity contribution in [1.29, 1.82) is 0 Å². The molecule has 0 spiro atoms. The Morgan fingerprint density at radius 3 is 2.67 bits per heavy atom. The van der Waals surface area contributed by atoms with Crippen molar-refractivity contribution in [1.82, 2.24) is 10.2 Å². The van der Waals surface area contributed by atoms with Gasteiger partial charge in [0, 0.05) is 11.6 Å². The highest BCUT2D eigenvalue weighted by Gasteiger charge is 2.21. The van der Waals surface area contributed by atoms with Gasteiger partial charge >= 0.3 is 0 Å². The molecule has 1 rings (SSSR count). The molecule has 0 bridgehead atoms. The molecule has 15 heavy (non-hydrogen) atoms. The van der Waals surface area contributed by atoms with Crippen molar-refractivity contribution in [3.63, 3.8) is 0 Å². The maximum atomic E-state index is 3.56. The van der Waals surface area contributed by atoms with Crippen LogP contribution in [0.3, 0.4) is 0 Å². The molecule has 0 aliphatic carbocycles. The predicted octanol–water partition coefficient (Wildman–Crippen LogP) is 2.64. The van der Waals surface area contributed by atoms with Crippen LogP contribution in [0.2, 0.25) is 0 Å². The lowest BCUT2D eigenvalue weighted by Gasteiger charge is -2.35. The first-order chi connectivity index (χ1) is 7.06. The Morgan fingerprint density at radius 2 is 2.13 bits per heavy atom. The standard InChI is InChI=1S/C13H28N2/c1-5-13(2,3)15(4)11-7-9-12-8-6-10-14-12/h12,14H,5-11H2,1-4H3. The van der Waals surface area contributed by atoms with Gasteiger partial charge in [-0.15, -0.1) is 0 Å². The third kappa shape index (κ3) is 4.12. The first-order valence-electron chi connectivity index (χ1n) is 6.51. The summed E-state index contributed by atoms with van der Waals surface area (Å²) in [7, 11) is 2.26. The van der Waals surface area contributed by atoms with Crippen LogP contribution in [0.1, 0.15) is 52.9 Å². The van der Waals surface area contributed by atoms with Crippen molar-refractivity contribution < 1.29 is 0 Å². The lowest BCUT2D eigenvalue weighted by Crippen LogP contribution is -2.41. The molecular formula is C13H28N2. The van der Waals surface area contributed by atoms with Gasteiger partial charge in [-0.05, 0) is 66.1 Å². The van der Waals surface area contributed by atoms with Crippen LogP contribution in [0.5, 0.6) is 0 Å². The number of nitrogens with zero attached hydrogens (tertiary/aromatic N) is 1. The molecule has 1 saturated heterocycles. The maximum absolute atomic E-state index is 3.56. The van der Waals surface area contributed by atoms with E-state index in [1.807, 2.05) is 0 Å². The predicted molar refractivity (Wildman–Crippen MR) is 67.3 cm³/mol. The third-order valence-corrected chi connectivity index (χ3v) is 4.11. The molecule has 0 aromatic carbocycles. The van der Waals surface area contributed by atoms with Crippen molar-refractivity contribution in [2.45, 2.75) is 64.5 Å². The third-order valence-electron chi connectivity index (χ3n) is 4.11. The van der Waals surface area contributed by atoms with E-state index in [9.17, 15) is 0 Å². The summed E-state index contributed by atoms with van der Waals surface area (Å²) >= 11 is 0. The van der Waals surface area contributed by atoms with Crippen LogP contribution in [0.4, 0.5) is 0 Å². The van der Waals surface area contributed by atoms with Crippen molar-refractivity contribution in [3.8, 4) is 0 Å². The number of rotatable bonds is 6. The largest absolute Gasteiger partial charge is 0.314 e. The average molecular weight is 212 g/mol. The maximum Gasteiger partial charge on any atom is 0.0147 e. The van der Waals surface area contributed by atoms with Crippen LogP contribution in [-0.2, 0) is 0 Å². The number of hydrogen-bond acceptors (Lipinski definition) is 2. The van der Waals surface area contributed by atoms with Crippen molar-refractivity contribution in [2.24, 2.45) is 0 Å². The summed E-state index contributed by atoms with van der Waals surface area (Å²) in [6.07, 6.45) is 6.68. The number of hydrogen-bond donors (Lipinski definition) is 1. The molecule has 1 atom stereocenters. The zero-order valence-electron chi connectivity index (χ0n) is 11.0. The highest BCUT2D eigenvalue weighted by atomic mass is 15.2. The second-order valence-corrected chi connectivity index (χ2v) is 5.52. The summed E-state index contributed by atoms with van der Waals surface area (Å²) in [5.41, 5.74) is 0.364. The fraction of sp³-hybridized carbons (Fsp3) is 1.00. The highest BCUT2D eigenvalue weighted by molar-refractivity contribution is 4.79. The minimum atomic E-state index is 0.364. The summed E-state index contributed by atoms with van der Waals surface area (Å²) in [6.45, 7) is 9.41. The molecule has 1 N–H and O–H groups in total. The average Bonchev–Trinajstić information content (AvgIpc) is 2.70. The van der Waals surface area contributed by atoms with Gasteiger partial charge in [-0.2, -0.15) is 0 Å². The fourth-order valence-corrected chi connectivity index (χ4v) is 2.15. The molecule has 1 aliphatic rings. The van der Waals surface area contributed by atoms with E-state index in [4.69, 9.17) is 0 Å². The van der Waals surface area contributed by atoms with E-state index in [0.717, 1.165) is 6.04 Å². The molecule has 0 aromatic heterocycles. The Kier molecular flexibility index (Phi) is 5.07. The SMILES string of the molecule is CCC(C)(C)N(C)CCCC1CCCN1. The zero-order chi connectivity index (χ0) is 11.3. The molecule has 1 heterocycles. The molecule has 0 radical (unpaired) electrons. The van der Waals surface area contributed by atoms with Crippen molar-refractivity contribution in [2.75, 3.05) is 20.1 Å². The molecular weight excluding hydrogens is 184 g/mol. The van der Waals surface area contributed by atoms with E-state index < -0.39 is 0 Å². The minimum absolute atomic E-state index is 0.364. The van der Waals surface area contributed by atoms with E-state index in [1.54, 1.807) is 0 Å². The number of nitrogens with one attached hydrogen (secondary N) is 1. The van der Waals surface area contributed by atoms with E-state index in [2.05, 4.69) is 38.0 Å². The monoisotopic (exact) mass is 212 g/mol. The van der Waals surface area contributed by atoms with E-state index in [0.29, 0.717) is 5.54 Å². The fourth-order valence-electron chi connectivity index (χ4n) is 2.15. The van der Waals surface area contributed by atoms with Crippen molar-refractivity contribution in [3.05, 3.63) is 0 Å². The van der Waals surface area contributed by atoms with E-state index in [1.165, 1.54) is 45.2 Å². The smallest absolute Gasteiger partial charge is 0.0147 e. The summed E-state index contributed by atoms with van der Waals surface area (Å²) in [5, 5.41) is 3.56. The van der Waals surface area contributed by atoms with Crippen LogP contribution >= 0.6 is 0 Å². The van der Waals surface area contributed by atoms with E-state index >= 15 is 0 Å². The van der Waals surface area contributed by atoms with Gasteiger partial charge in [0.25, 0.3) is 0 Å². The first-order valence-corrected chi connectivity index (χ1v) is 6.51. The molecule has 0 saturated carbocycles. The quantitative estimate of drug-likeness (QED) is 0.728. The van der Waals surface area contributed by atoms with Crippen molar-refractivity contribution >= 4 is 0 Å². The van der Waals surface area contributed by atoms with Gasteiger partial charge in [0.2, 0.25) is 0 Å². The molecule has 0 aromatic rings. The Labute approximate surface area is 95.4 Å². The van der Waals surface area contributed by atoms with Gasteiger partial charge in [0.1, 0.15) is 0 Å². The van der Waals surface area contributed by atoms with Gasteiger partial charge < -0.3 is 10.2 Å². The molecule has 1 unspecified atom stereocenters. The van der Waals surface area contributed by atoms with Gasteiger partial charge in [0.05, 0.1) is 0 Å². The van der Waals surface area contributed by atoms with E-state index in [-0.39, 0.29) is 0 Å². The van der Waals surface area contributed by atoms with Gasteiger partial charge in [0.15, 0.2) is 0 Å². The zero-order valence-corrected chi connectivity index (χ0v) is 11.0. The van der Waals surface area contributed by atoms with Crippen LogP contribution < -0.4 is 5.32 Å². The first kappa shape index (κ1) is 13.0. The molecule has 0 amide bonds. The highest BCUT2D eigenvalue weighted by Crippen LogP contribution is 2.18. The molecule has 2 heteroatoms. The Bertz CT molecular complexity index is 171. The summed E-state index contributed by atoms with van der Waals surface area (Å²) in [4.78, 5) is 2.50. The second kappa shape index (κ2) is 5.86. The molecule has 90 valence electrons. The lowest BCUT2D eigenvalue weighted by atomic mass is 9.99. The van der Waals surface area contributed by atoms with Crippen LogP contribution in [0.15, 0.2) is 0 Å². The lowest BCUT2D eigenvalue weighted by molar-refractivity contribution is 0.147.